The van der Waals surface area contributed by atoms with Gasteiger partial charge in [0.2, 0.25) is 0 Å². The molecule has 6 atom stereocenters. The highest BCUT2D eigenvalue weighted by Gasteiger charge is 2.66. The van der Waals surface area contributed by atoms with Crippen molar-refractivity contribution in [3.05, 3.63) is 0 Å². The van der Waals surface area contributed by atoms with E-state index >= 15 is 0 Å². The highest BCUT2D eigenvalue weighted by atomic mass is 35.5. The molecule has 0 aromatic rings. The predicted molar refractivity (Wildman–Crippen MR) is 304 cm³/mol. The summed E-state index contributed by atoms with van der Waals surface area (Å²) in [6.07, 6.45) is 1.52. The zero-order valence-corrected chi connectivity index (χ0v) is 62.0. The molecule has 0 radical (unpaired) electrons. The molecule has 2 heterocycles. The van der Waals surface area contributed by atoms with Crippen molar-refractivity contribution in [2.75, 3.05) is 30.6 Å². The molecule has 0 aliphatic carbocycles. The maximum Gasteiger partial charge on any atom is 0.477 e. The quantitative estimate of drug-likeness (QED) is 0.108. The van der Waals surface area contributed by atoms with E-state index in [0.29, 0.717) is 61.1 Å². The maximum absolute atomic E-state index is 12.3. The van der Waals surface area contributed by atoms with Crippen LogP contribution in [0.3, 0.4) is 0 Å². The number of hydrogen-bond acceptors (Lipinski definition) is 17. The highest BCUT2D eigenvalue weighted by Crippen LogP contribution is 2.42. The highest BCUT2D eigenvalue weighted by molar-refractivity contribution is 6.97. The van der Waals surface area contributed by atoms with Crippen molar-refractivity contribution in [3.8, 4) is 0 Å². The molecule has 2 fully saturated rings. The molecule has 2 aliphatic heterocycles. The van der Waals surface area contributed by atoms with Gasteiger partial charge in [0.15, 0.2) is 8.32 Å². The van der Waals surface area contributed by atoms with Crippen molar-refractivity contribution in [2.45, 2.75) is 181 Å². The van der Waals surface area contributed by atoms with Crippen LogP contribution in [0.2, 0.25) is 155 Å². The van der Waals surface area contributed by atoms with Crippen LogP contribution in [0.5, 0.6) is 0 Å². The first-order chi connectivity index (χ1) is 30.5. The van der Waals surface area contributed by atoms with E-state index in [1.54, 1.807) is 13.7 Å². The summed E-state index contributed by atoms with van der Waals surface area (Å²) in [7, 11) is -47.9. The van der Waals surface area contributed by atoms with Gasteiger partial charge >= 0.3 is 113 Å². The van der Waals surface area contributed by atoms with Crippen LogP contribution in [0, 0.1) is 0 Å². The van der Waals surface area contributed by atoms with E-state index in [1.165, 1.54) is 0 Å². The van der Waals surface area contributed by atoms with Crippen LogP contribution in [0.25, 0.3) is 0 Å². The van der Waals surface area contributed by atoms with Crippen molar-refractivity contribution < 1.29 is 70.9 Å². The number of halogens is 4. The third-order valence-electron chi connectivity index (χ3n) is 9.50. The fourth-order valence-electron chi connectivity index (χ4n) is 8.35. The Morgan fingerprint density at radius 1 is 0.412 bits per heavy atom. The van der Waals surface area contributed by atoms with Crippen molar-refractivity contribution in [2.24, 2.45) is 0 Å². The largest absolute Gasteiger partial charge is 0.477 e. The molecule has 406 valence electrons. The van der Waals surface area contributed by atoms with Gasteiger partial charge in [-0.2, -0.15) is 0 Å². The Kier molecular flexibility index (Phi) is 25.4. The van der Waals surface area contributed by atoms with Gasteiger partial charge < -0.3 is 70.9 Å². The molecule has 2 bridgehead atoms. The van der Waals surface area contributed by atoms with Crippen molar-refractivity contribution >= 4 is 167 Å². The molecule has 0 aromatic heterocycles. The third-order valence-corrected chi connectivity index (χ3v) is 66.1. The molecule has 17 nitrogen and oxygen atoms in total. The van der Waals surface area contributed by atoms with Crippen molar-refractivity contribution in [1.82, 2.24) is 0 Å². The lowest BCUT2D eigenvalue weighted by Gasteiger charge is -2.52. The normalized spacial score (nSPS) is 35.2. The van der Waals surface area contributed by atoms with Crippen LogP contribution < -0.4 is 0 Å². The molecule has 0 aromatic carbocycles. The summed E-state index contributed by atoms with van der Waals surface area (Å²) in [5.74, 6) is 1.07. The Balaban J connectivity index is 3.29. The summed E-state index contributed by atoms with van der Waals surface area (Å²) in [5, 5.41) is 0. The van der Waals surface area contributed by atoms with Crippen LogP contribution in [0.1, 0.15) is 26.2 Å². The topological polar surface area (TPSA) is 168 Å². The smallest absolute Gasteiger partial charge is 0.417 e. The van der Waals surface area contributed by atoms with Gasteiger partial charge in [0.25, 0.3) is 0 Å². The first-order valence-electron chi connectivity index (χ1n) is 23.5. The lowest BCUT2D eigenvalue weighted by atomic mass is 10.6. The van der Waals surface area contributed by atoms with E-state index in [1.807, 2.05) is 105 Å². The van der Waals surface area contributed by atoms with E-state index < -0.39 is 121 Å². The SMILES string of the molecule is CC[Si]1(O[Si](C)(C)C)O[Si](C)(C)O[Si]2(CCCCl)O[Si](C)(C)O[Si](CCCCl)(O[Si](C)(C)OC)O[Si](C)(C)O[Si](C)(CCCCl)O[Si](C)(O)O[Si](C)(C)O[Si](C)(C)O[Si](CCCl)(O[Si](C)(C)O2)O1. The molecule has 2 rings (SSSR count). The molecule has 35 heteroatoms. The van der Waals surface area contributed by atoms with E-state index in [0.717, 1.165) is 0 Å². The molecule has 6 unspecified atom stereocenters. The average Bonchev–Trinajstić information content (AvgIpc) is 3.07. The standard InChI is InChI=1S/C33H88Cl4O17Si14/c1-22-65(40-55(3,4)5)45-60(14,15)48-67(32-25-28-36)50-61(16,17)49-66(31-24-27-35,44-56(6,7)39-2)47-59(12,13)42-63(20,30-23-26-34)53-64(21,38)43-57(8,9)41-58(10,11)46-68(54-65,33-29-37)52-62(18,19)51-67/h38H,22-33H2,1-21H3. The average molecular weight is 1290 g/mol. The molecular formula is C33H88Cl4O17Si14. The van der Waals surface area contributed by atoms with Crippen LogP contribution >= 0.6 is 46.4 Å². The van der Waals surface area contributed by atoms with E-state index in [9.17, 15) is 4.80 Å². The minimum absolute atomic E-state index is 0.118. The Morgan fingerprint density at radius 2 is 0.794 bits per heavy atom. The Bertz CT molecular complexity index is 1600. The minimum Gasteiger partial charge on any atom is -0.417 e. The number of rotatable bonds is 17. The van der Waals surface area contributed by atoms with Gasteiger partial charge in [0, 0.05) is 61.4 Å². The van der Waals surface area contributed by atoms with Gasteiger partial charge in [-0.1, -0.05) is 6.92 Å². The molecule has 0 amide bonds. The van der Waals surface area contributed by atoms with Gasteiger partial charge in [-0.25, -0.2) is 0 Å². The monoisotopic (exact) mass is 1290 g/mol. The Morgan fingerprint density at radius 3 is 1.22 bits per heavy atom. The first kappa shape index (κ1) is 67.6. The van der Waals surface area contributed by atoms with E-state index in [4.69, 9.17) is 113 Å². The first-order valence-corrected chi connectivity index (χ1v) is 61.3. The van der Waals surface area contributed by atoms with Crippen LogP contribution in [0.4, 0.5) is 0 Å². The summed E-state index contributed by atoms with van der Waals surface area (Å²) in [6.45, 7) is 38.7. The molecule has 68 heavy (non-hydrogen) atoms. The molecule has 0 saturated carbocycles. The summed E-state index contributed by atoms with van der Waals surface area (Å²) in [6, 6.07) is 1.60. The summed E-state index contributed by atoms with van der Waals surface area (Å²) < 4.78 is 115. The van der Waals surface area contributed by atoms with Crippen molar-refractivity contribution in [3.63, 3.8) is 0 Å². The Labute approximate surface area is 446 Å². The van der Waals surface area contributed by atoms with Crippen molar-refractivity contribution in [1.29, 1.82) is 0 Å². The summed E-state index contributed by atoms with van der Waals surface area (Å²) in [5.41, 5.74) is 0. The third kappa shape index (κ3) is 23.2. The summed E-state index contributed by atoms with van der Waals surface area (Å²) >= 11 is 26.2. The van der Waals surface area contributed by atoms with Crippen LogP contribution in [-0.2, 0) is 66.2 Å². The molecule has 0 spiro atoms. The van der Waals surface area contributed by atoms with Gasteiger partial charge in [-0.3, -0.25) is 0 Å². The lowest BCUT2D eigenvalue weighted by Crippen LogP contribution is -2.74. The molecule has 1 N–H and O–H groups in total. The van der Waals surface area contributed by atoms with Crippen LogP contribution in [-0.4, -0.2) is 156 Å². The predicted octanol–water partition coefficient (Wildman–Crippen LogP) is 11.2. The number of alkyl halides is 4. The second-order valence-electron chi connectivity index (χ2n) is 21.6. The molecule has 2 saturated heterocycles. The molecule has 2 aliphatic rings. The van der Waals surface area contributed by atoms with E-state index in [-0.39, 0.29) is 11.9 Å². The minimum atomic E-state index is -4.10. The van der Waals surface area contributed by atoms with E-state index in [2.05, 4.69) is 19.6 Å². The molecular weight excluding hydrogens is 1200 g/mol. The second-order valence-corrected chi connectivity index (χ2v) is 71.8. The fourth-order valence-corrected chi connectivity index (χ4v) is 78.1. The second kappa shape index (κ2) is 25.5. The van der Waals surface area contributed by atoms with Crippen LogP contribution in [0.15, 0.2) is 0 Å². The number of fused-ring (bicyclic) bond motifs is 4. The summed E-state index contributed by atoms with van der Waals surface area (Å²) in [4.78, 5) is 12.3. The zero-order valence-electron chi connectivity index (χ0n) is 45.0. The van der Waals surface area contributed by atoms with Gasteiger partial charge in [0.05, 0.1) is 0 Å². The van der Waals surface area contributed by atoms with Gasteiger partial charge in [-0.15, -0.1) is 46.4 Å². The van der Waals surface area contributed by atoms with Gasteiger partial charge in [0.1, 0.15) is 0 Å². The zero-order chi connectivity index (χ0) is 52.8. The lowest BCUT2D eigenvalue weighted by molar-refractivity contribution is 0.115. The maximum atomic E-state index is 12.3. The Hall–Kier alpha value is 3.52. The fraction of sp³-hybridized carbons (Fsp3) is 1.00. The number of hydrogen-bond donors (Lipinski definition) is 1. The van der Waals surface area contributed by atoms with Gasteiger partial charge in [-0.05, 0) is 143 Å².